The van der Waals surface area contributed by atoms with E-state index in [2.05, 4.69) is 25.9 Å². The second-order valence-corrected chi connectivity index (χ2v) is 12.0. The minimum atomic E-state index is -0.399. The highest BCUT2D eigenvalue weighted by Crippen LogP contribution is 2.41. The highest BCUT2D eigenvalue weighted by atomic mass is 35.5. The van der Waals surface area contributed by atoms with Gasteiger partial charge in [0.2, 0.25) is 5.91 Å². The monoisotopic (exact) mass is 676 g/mol. The van der Waals surface area contributed by atoms with Crippen LogP contribution < -0.4 is 20.7 Å². The number of nitrogens with zero attached hydrogens (tertiary/aromatic N) is 3. The average molecular weight is 678 g/mol. The van der Waals surface area contributed by atoms with E-state index in [-0.39, 0.29) is 18.2 Å². The van der Waals surface area contributed by atoms with Crippen LogP contribution in [0.3, 0.4) is 0 Å². The van der Waals surface area contributed by atoms with Gasteiger partial charge in [-0.1, -0.05) is 53.5 Å². The zero-order valence-electron chi connectivity index (χ0n) is 26.4. The Balaban J connectivity index is 1.30. The molecule has 4 N–H and O–H groups in total. The van der Waals surface area contributed by atoms with Crippen molar-refractivity contribution < 1.29 is 19.4 Å². The average Bonchev–Trinajstić information content (AvgIpc) is 3.09. The van der Waals surface area contributed by atoms with Gasteiger partial charge in [0.05, 0.1) is 35.1 Å². The summed E-state index contributed by atoms with van der Waals surface area (Å²) in [7, 11) is 1.64. The molecule has 0 radical (unpaired) electrons. The maximum Gasteiger partial charge on any atom is 0.274 e. The molecule has 2 amide bonds. The molecule has 2 aromatic carbocycles. The Kier molecular flexibility index (Phi) is 11.8. The molecule has 0 saturated carbocycles. The van der Waals surface area contributed by atoms with Gasteiger partial charge in [0.25, 0.3) is 5.91 Å². The number of ether oxygens (including phenoxy) is 1. The lowest BCUT2D eigenvalue weighted by Crippen LogP contribution is -2.43. The van der Waals surface area contributed by atoms with E-state index in [1.165, 1.54) is 0 Å². The number of piperidine rings is 1. The molecule has 0 spiro atoms. The lowest BCUT2D eigenvalue weighted by Gasteiger charge is -2.32. The van der Waals surface area contributed by atoms with Gasteiger partial charge in [0, 0.05) is 80.3 Å². The summed E-state index contributed by atoms with van der Waals surface area (Å²) in [5.74, 6) is 0.437. The lowest BCUT2D eigenvalue weighted by atomic mass is 10.0. The van der Waals surface area contributed by atoms with Gasteiger partial charge in [-0.15, -0.1) is 0 Å². The van der Waals surface area contributed by atoms with Crippen LogP contribution in [0.1, 0.15) is 41.4 Å². The number of hydrogen-bond donors (Lipinski definition) is 4. The van der Waals surface area contributed by atoms with Crippen LogP contribution in [0.5, 0.6) is 5.75 Å². The van der Waals surface area contributed by atoms with Gasteiger partial charge in [0.15, 0.2) is 0 Å². The minimum absolute atomic E-state index is 0.0468. The van der Waals surface area contributed by atoms with E-state index in [0.717, 1.165) is 42.6 Å². The predicted octanol–water partition coefficient (Wildman–Crippen LogP) is 5.56. The Morgan fingerprint density at radius 2 is 1.79 bits per heavy atom. The molecular formula is C35H38Cl2N6O4. The molecule has 1 fully saturated rings. The first-order valence-corrected chi connectivity index (χ1v) is 16.2. The van der Waals surface area contributed by atoms with Crippen LogP contribution in [0.25, 0.3) is 22.4 Å². The van der Waals surface area contributed by atoms with Crippen molar-refractivity contribution >= 4 is 40.7 Å². The molecule has 4 aromatic rings. The summed E-state index contributed by atoms with van der Waals surface area (Å²) in [5, 5.41) is 19.2. The van der Waals surface area contributed by atoms with Gasteiger partial charge >= 0.3 is 0 Å². The van der Waals surface area contributed by atoms with Crippen LogP contribution in [0.15, 0.2) is 67.0 Å². The number of pyridine rings is 2. The molecule has 3 heterocycles. The quantitative estimate of drug-likeness (QED) is 0.144. The number of hydrogen-bond acceptors (Lipinski definition) is 8. The van der Waals surface area contributed by atoms with Crippen molar-refractivity contribution in [3.8, 4) is 28.1 Å². The number of rotatable bonds is 12. The van der Waals surface area contributed by atoms with Crippen molar-refractivity contribution in [1.82, 2.24) is 25.5 Å². The molecule has 0 bridgehead atoms. The first-order chi connectivity index (χ1) is 22.8. The molecule has 0 atom stereocenters. The Morgan fingerprint density at radius 1 is 1.00 bits per heavy atom. The van der Waals surface area contributed by atoms with Gasteiger partial charge < -0.3 is 30.7 Å². The molecule has 2 aromatic heterocycles. The third kappa shape index (κ3) is 8.46. The zero-order chi connectivity index (χ0) is 33.3. The second-order valence-electron chi connectivity index (χ2n) is 11.3. The summed E-state index contributed by atoms with van der Waals surface area (Å²) in [6.07, 6.45) is 5.12. The Labute approximate surface area is 284 Å². The van der Waals surface area contributed by atoms with Crippen molar-refractivity contribution in [2.24, 2.45) is 0 Å². The molecule has 246 valence electrons. The van der Waals surface area contributed by atoms with Crippen LogP contribution in [-0.4, -0.2) is 71.2 Å². The molecule has 12 heteroatoms. The van der Waals surface area contributed by atoms with E-state index >= 15 is 0 Å². The second kappa shape index (κ2) is 16.2. The van der Waals surface area contributed by atoms with E-state index < -0.39 is 5.91 Å². The summed E-state index contributed by atoms with van der Waals surface area (Å²) in [5.41, 5.74) is 5.22. The normalized spacial score (nSPS) is 13.4. The van der Waals surface area contributed by atoms with Crippen LogP contribution >= 0.6 is 23.2 Å². The van der Waals surface area contributed by atoms with Crippen molar-refractivity contribution in [3.05, 3.63) is 93.9 Å². The number of nitrogens with one attached hydrogen (secondary N) is 3. The summed E-state index contributed by atoms with van der Waals surface area (Å²) < 4.78 is 5.74. The number of methoxy groups -OCH3 is 1. The van der Waals surface area contributed by atoms with Crippen molar-refractivity contribution in [2.75, 3.05) is 38.7 Å². The fourth-order valence-corrected chi connectivity index (χ4v) is 6.14. The number of carbonyl (C=O) groups excluding carboxylic acids is 2. The number of anilines is 1. The SMILES string of the molecule is COc1cc(-c2nccc(-c3cccc(NC(=O)c4ccc(CNCCO)cn4)c3Cl)c2Cl)ccc1CNC1CCN(C(C)=O)CC1. The van der Waals surface area contributed by atoms with E-state index in [1.807, 2.05) is 29.2 Å². The number of aliphatic hydroxyl groups is 1. The maximum absolute atomic E-state index is 13.0. The summed E-state index contributed by atoms with van der Waals surface area (Å²) >= 11 is 13.8. The number of likely N-dealkylation sites (tertiary alicyclic amines) is 1. The molecule has 0 unspecified atom stereocenters. The van der Waals surface area contributed by atoms with Gasteiger partial charge in [-0.25, -0.2) is 0 Å². The molecule has 1 aliphatic rings. The standard InChI is InChI=1S/C35H38Cl2N6O4/c1-22(45)43-15-11-26(12-16-43)40-21-25-8-7-24(18-31(25)47-2)34-33(37)28(10-13-39-34)27-4-3-5-29(32(27)36)42-35(46)30-9-6-23(20-41-30)19-38-14-17-44/h3-10,13,18,20,26,38,40,44H,11-12,14-17,19,21H2,1-2H3,(H,42,46). The molecular weight excluding hydrogens is 639 g/mol. The number of halogens is 2. The van der Waals surface area contributed by atoms with Gasteiger partial charge in [-0.3, -0.25) is 19.6 Å². The van der Waals surface area contributed by atoms with Crippen LogP contribution in [0.4, 0.5) is 5.69 Å². The largest absolute Gasteiger partial charge is 0.496 e. The smallest absolute Gasteiger partial charge is 0.274 e. The highest BCUT2D eigenvalue weighted by Gasteiger charge is 2.21. The van der Waals surface area contributed by atoms with Crippen LogP contribution in [0.2, 0.25) is 10.0 Å². The molecule has 47 heavy (non-hydrogen) atoms. The van der Waals surface area contributed by atoms with Crippen molar-refractivity contribution in [1.29, 1.82) is 0 Å². The fraction of sp³-hybridized carbons (Fsp3) is 0.314. The summed E-state index contributed by atoms with van der Waals surface area (Å²) in [6, 6.07) is 16.8. The Bertz CT molecular complexity index is 1710. The first kappa shape index (κ1) is 34.3. The van der Waals surface area contributed by atoms with E-state index in [0.29, 0.717) is 64.0 Å². The number of amides is 2. The minimum Gasteiger partial charge on any atom is -0.496 e. The van der Waals surface area contributed by atoms with Crippen LogP contribution in [-0.2, 0) is 17.9 Å². The van der Waals surface area contributed by atoms with Crippen LogP contribution in [0, 0.1) is 0 Å². The first-order valence-electron chi connectivity index (χ1n) is 15.5. The third-order valence-electron chi connectivity index (χ3n) is 8.18. The summed E-state index contributed by atoms with van der Waals surface area (Å²) in [6.45, 7) is 4.83. The van der Waals surface area contributed by atoms with Gasteiger partial charge in [-0.2, -0.15) is 0 Å². The summed E-state index contributed by atoms with van der Waals surface area (Å²) in [4.78, 5) is 35.4. The number of aromatic nitrogens is 2. The van der Waals surface area contributed by atoms with E-state index in [4.69, 9.17) is 33.0 Å². The topological polar surface area (TPSA) is 129 Å². The van der Waals surface area contributed by atoms with Crippen molar-refractivity contribution in [2.45, 2.75) is 38.9 Å². The molecule has 0 aliphatic carbocycles. The van der Waals surface area contributed by atoms with Crippen molar-refractivity contribution in [3.63, 3.8) is 0 Å². The zero-order valence-corrected chi connectivity index (χ0v) is 27.9. The Hall–Kier alpha value is -4.06. The van der Waals surface area contributed by atoms with Gasteiger partial charge in [-0.05, 0) is 42.7 Å². The van der Waals surface area contributed by atoms with E-state index in [1.54, 1.807) is 56.8 Å². The predicted molar refractivity (Wildman–Crippen MR) is 185 cm³/mol. The fourth-order valence-electron chi connectivity index (χ4n) is 5.54. The molecule has 1 aliphatic heterocycles. The number of carbonyl (C=O) groups is 2. The number of aliphatic hydroxyl groups excluding tert-OH is 1. The lowest BCUT2D eigenvalue weighted by molar-refractivity contribution is -0.129. The van der Waals surface area contributed by atoms with Gasteiger partial charge in [0.1, 0.15) is 11.4 Å². The molecule has 1 saturated heterocycles. The number of benzene rings is 2. The molecule has 10 nitrogen and oxygen atoms in total. The maximum atomic E-state index is 13.0. The third-order valence-corrected chi connectivity index (χ3v) is 8.97. The molecule has 5 rings (SSSR count). The highest BCUT2D eigenvalue weighted by molar-refractivity contribution is 6.39. The van der Waals surface area contributed by atoms with E-state index in [9.17, 15) is 9.59 Å². The Morgan fingerprint density at radius 3 is 2.49 bits per heavy atom.